The van der Waals surface area contributed by atoms with Crippen molar-refractivity contribution in [3.8, 4) is 0 Å². The molecule has 0 atom stereocenters. The van der Waals surface area contributed by atoms with E-state index in [0.29, 0.717) is 6.54 Å². The van der Waals surface area contributed by atoms with Crippen LogP contribution in [0.25, 0.3) is 0 Å². The molecular weight excluding hydrogens is 244 g/mol. The summed E-state index contributed by atoms with van der Waals surface area (Å²) in [6.45, 7) is 17.9. The van der Waals surface area contributed by atoms with Gasteiger partial charge >= 0.3 is 0 Å². The molecule has 0 heterocycles. The summed E-state index contributed by atoms with van der Waals surface area (Å²) in [6, 6.07) is 0. The second-order valence-electron chi connectivity index (χ2n) is 6.48. The van der Waals surface area contributed by atoms with Crippen molar-refractivity contribution in [3.05, 3.63) is 12.2 Å². The van der Waals surface area contributed by atoms with Crippen molar-refractivity contribution in [1.29, 1.82) is 0 Å². The Morgan fingerprint density at radius 2 is 1.53 bits per heavy atom. The Morgan fingerprint density at radius 3 is 1.82 bits per heavy atom. The maximum atomic E-state index is 12.5. The van der Waals surface area contributed by atoms with Gasteiger partial charge < -0.3 is 9.96 Å². The second-order valence-corrected chi connectivity index (χ2v) is 16.5. The largest absolute Gasteiger partial charge is 0.392 e. The van der Waals surface area contributed by atoms with E-state index in [1.807, 2.05) is 0 Å². The van der Waals surface area contributed by atoms with Gasteiger partial charge in [-0.3, -0.25) is 4.79 Å². The Morgan fingerprint density at radius 1 is 1.12 bits per heavy atom. The van der Waals surface area contributed by atoms with E-state index in [4.69, 9.17) is 5.73 Å². The average Bonchev–Trinajstić information content (AvgIpc) is 2.09. The Hall–Kier alpha value is -0.396. The van der Waals surface area contributed by atoms with Crippen molar-refractivity contribution < 1.29 is 4.79 Å². The summed E-state index contributed by atoms with van der Waals surface area (Å²) in [5.74, 6) is 0.164. The van der Waals surface area contributed by atoms with Gasteiger partial charge in [0, 0.05) is 5.57 Å². The number of carbonyl (C=O) groups is 1. The summed E-state index contributed by atoms with van der Waals surface area (Å²) < 4.78 is 2.18. The molecule has 0 aliphatic heterocycles. The van der Waals surface area contributed by atoms with Crippen molar-refractivity contribution in [2.24, 2.45) is 5.73 Å². The monoisotopic (exact) mass is 272 g/mol. The van der Waals surface area contributed by atoms with Crippen LogP contribution in [0.4, 0.5) is 0 Å². The lowest BCUT2D eigenvalue weighted by molar-refractivity contribution is -0.120. The van der Waals surface area contributed by atoms with Crippen LogP contribution >= 0.6 is 0 Å². The molecule has 0 rings (SSSR count). The number of carbonyl (C=O) groups excluding carboxylic acids is 1. The normalized spacial score (nSPS) is 12.4. The van der Waals surface area contributed by atoms with Crippen LogP contribution in [-0.2, 0) is 4.79 Å². The highest BCUT2D eigenvalue weighted by molar-refractivity contribution is 6.92. The Bertz CT molecular complexity index is 276. The lowest BCUT2D eigenvalue weighted by Gasteiger charge is -2.44. The molecule has 0 aromatic carbocycles. The molecule has 0 bridgehead atoms. The topological polar surface area (TPSA) is 46.3 Å². The van der Waals surface area contributed by atoms with Crippen molar-refractivity contribution >= 4 is 22.4 Å². The lowest BCUT2D eigenvalue weighted by atomic mass is 10.1. The van der Waals surface area contributed by atoms with E-state index in [1.165, 1.54) is 0 Å². The Balaban J connectivity index is 4.97. The zero-order valence-electron chi connectivity index (χ0n) is 12.3. The zero-order chi connectivity index (χ0) is 13.9. The van der Waals surface area contributed by atoms with E-state index >= 15 is 0 Å². The minimum absolute atomic E-state index is 0.164. The summed E-state index contributed by atoms with van der Waals surface area (Å²) in [5, 5.41) is 0. The number of rotatable bonds is 6. The van der Waals surface area contributed by atoms with Gasteiger partial charge in [0.1, 0.15) is 16.5 Å². The van der Waals surface area contributed by atoms with E-state index in [9.17, 15) is 4.79 Å². The summed E-state index contributed by atoms with van der Waals surface area (Å²) >= 11 is 0. The zero-order valence-corrected chi connectivity index (χ0v) is 14.3. The SMILES string of the molecule is C=C(CCCN)C(=O)N([Si](C)(C)C)[Si](C)(C)C. The molecule has 0 aliphatic rings. The van der Waals surface area contributed by atoms with Gasteiger partial charge in [0.05, 0.1) is 0 Å². The molecule has 0 fully saturated rings. The summed E-state index contributed by atoms with van der Waals surface area (Å²) in [4.78, 5) is 12.5. The van der Waals surface area contributed by atoms with Crippen LogP contribution in [-0.4, -0.2) is 33.2 Å². The maximum absolute atomic E-state index is 12.5. The molecule has 2 N–H and O–H groups in total. The summed E-state index contributed by atoms with van der Waals surface area (Å²) in [5.41, 5.74) is 6.20. The first-order chi connectivity index (χ1) is 7.51. The van der Waals surface area contributed by atoms with E-state index in [1.54, 1.807) is 0 Å². The molecule has 0 aromatic heterocycles. The van der Waals surface area contributed by atoms with Gasteiger partial charge in [-0.2, -0.15) is 0 Å². The molecule has 1 amide bonds. The first-order valence-corrected chi connectivity index (χ1v) is 13.1. The molecule has 0 saturated carbocycles. The number of nitrogens with zero attached hydrogens (tertiary/aromatic N) is 1. The van der Waals surface area contributed by atoms with E-state index in [2.05, 4.69) is 50.1 Å². The minimum Gasteiger partial charge on any atom is -0.392 e. The van der Waals surface area contributed by atoms with Crippen molar-refractivity contribution in [2.75, 3.05) is 6.54 Å². The van der Waals surface area contributed by atoms with Crippen LogP contribution in [0.5, 0.6) is 0 Å². The number of nitrogens with two attached hydrogens (primary N) is 1. The van der Waals surface area contributed by atoms with Gasteiger partial charge in [0.2, 0.25) is 5.91 Å². The maximum Gasteiger partial charge on any atom is 0.233 e. The van der Waals surface area contributed by atoms with Crippen molar-refractivity contribution in [3.63, 3.8) is 0 Å². The first kappa shape index (κ1) is 16.6. The fraction of sp³-hybridized carbons (Fsp3) is 0.750. The molecule has 0 aliphatic carbocycles. The van der Waals surface area contributed by atoms with Gasteiger partial charge in [-0.1, -0.05) is 45.9 Å². The predicted octanol–water partition coefficient (Wildman–Crippen LogP) is 2.78. The molecule has 5 heteroatoms. The van der Waals surface area contributed by atoms with E-state index in [-0.39, 0.29) is 5.91 Å². The minimum atomic E-state index is -1.63. The number of hydrogen-bond donors (Lipinski definition) is 1. The summed E-state index contributed by atoms with van der Waals surface area (Å²) in [7, 11) is -3.27. The van der Waals surface area contributed by atoms with Crippen LogP contribution in [0.1, 0.15) is 12.8 Å². The van der Waals surface area contributed by atoms with Gasteiger partial charge in [0.15, 0.2) is 0 Å². The molecule has 0 saturated heterocycles. The van der Waals surface area contributed by atoms with Crippen LogP contribution in [0.2, 0.25) is 39.3 Å². The van der Waals surface area contributed by atoms with E-state index < -0.39 is 16.5 Å². The standard InChI is InChI=1S/C12H28N2OSi2/c1-11(9-8-10-13)12(15)14(16(2,3)4)17(5,6)7/h1,8-10,13H2,2-7H3. The van der Waals surface area contributed by atoms with Crippen LogP contribution in [0.3, 0.4) is 0 Å². The van der Waals surface area contributed by atoms with E-state index in [0.717, 1.165) is 18.4 Å². The highest BCUT2D eigenvalue weighted by atomic mass is 28.4. The van der Waals surface area contributed by atoms with Gasteiger partial charge in [-0.05, 0) is 19.4 Å². The third-order valence-corrected chi connectivity index (χ3v) is 9.64. The summed E-state index contributed by atoms with van der Waals surface area (Å²) in [6.07, 6.45) is 1.57. The number of hydrogen-bond acceptors (Lipinski definition) is 2. The first-order valence-electron chi connectivity index (χ1n) is 6.24. The van der Waals surface area contributed by atoms with Gasteiger partial charge in [-0.25, -0.2) is 0 Å². The average molecular weight is 273 g/mol. The van der Waals surface area contributed by atoms with Gasteiger partial charge in [0.25, 0.3) is 0 Å². The second kappa shape index (κ2) is 5.97. The smallest absolute Gasteiger partial charge is 0.233 e. The molecule has 0 radical (unpaired) electrons. The Kier molecular flexibility index (Phi) is 5.83. The molecule has 3 nitrogen and oxygen atoms in total. The van der Waals surface area contributed by atoms with Crippen LogP contribution in [0, 0.1) is 0 Å². The van der Waals surface area contributed by atoms with Crippen molar-refractivity contribution in [1.82, 2.24) is 4.23 Å². The van der Waals surface area contributed by atoms with Crippen LogP contribution in [0.15, 0.2) is 12.2 Å². The fourth-order valence-corrected chi connectivity index (χ4v) is 11.8. The Labute approximate surface area is 108 Å². The molecule has 100 valence electrons. The predicted molar refractivity (Wildman–Crippen MR) is 81.0 cm³/mol. The van der Waals surface area contributed by atoms with Crippen molar-refractivity contribution in [2.45, 2.75) is 52.1 Å². The molecule has 0 aromatic rings. The highest BCUT2D eigenvalue weighted by Crippen LogP contribution is 2.23. The molecular formula is C12H28N2OSi2. The van der Waals surface area contributed by atoms with Crippen LogP contribution < -0.4 is 5.73 Å². The quantitative estimate of drug-likeness (QED) is 0.597. The fourth-order valence-electron chi connectivity index (χ4n) is 2.20. The lowest BCUT2D eigenvalue weighted by Crippen LogP contribution is -2.62. The molecule has 0 spiro atoms. The third-order valence-electron chi connectivity index (χ3n) is 2.53. The third kappa shape index (κ3) is 5.18. The number of amides is 1. The highest BCUT2D eigenvalue weighted by Gasteiger charge is 2.38. The molecule has 0 unspecified atom stereocenters. The molecule has 17 heavy (non-hydrogen) atoms. The van der Waals surface area contributed by atoms with Gasteiger partial charge in [-0.15, -0.1) is 0 Å².